The standard InChI is InChI=1S/C20H19ClN2O4/c1-2-22-20(26)15-6-4-8-17(12-15)23-18(24)13-27-19(25)10-9-14-5-3-7-16(21)11-14/h3-12H,2,13H2,1H3,(H,22,26)(H,23,24)/b10-9+. The van der Waals surface area contributed by atoms with Crippen molar-refractivity contribution in [3.63, 3.8) is 0 Å². The first-order chi connectivity index (χ1) is 13.0. The summed E-state index contributed by atoms with van der Waals surface area (Å²) >= 11 is 5.86. The first-order valence-corrected chi connectivity index (χ1v) is 8.64. The van der Waals surface area contributed by atoms with Crippen molar-refractivity contribution in [2.24, 2.45) is 0 Å². The highest BCUT2D eigenvalue weighted by Crippen LogP contribution is 2.12. The number of amides is 2. The minimum Gasteiger partial charge on any atom is -0.452 e. The zero-order valence-electron chi connectivity index (χ0n) is 14.7. The number of carbonyl (C=O) groups is 3. The Morgan fingerprint density at radius 1 is 1.11 bits per heavy atom. The molecule has 0 aliphatic carbocycles. The number of nitrogens with one attached hydrogen (secondary N) is 2. The van der Waals surface area contributed by atoms with Crippen molar-refractivity contribution in [1.82, 2.24) is 5.32 Å². The number of halogens is 1. The largest absolute Gasteiger partial charge is 0.452 e. The molecule has 0 fully saturated rings. The number of rotatable bonds is 7. The number of esters is 1. The van der Waals surface area contributed by atoms with E-state index in [0.29, 0.717) is 22.8 Å². The maximum absolute atomic E-state index is 11.9. The zero-order valence-corrected chi connectivity index (χ0v) is 15.5. The van der Waals surface area contributed by atoms with E-state index in [-0.39, 0.29) is 5.91 Å². The molecule has 0 radical (unpaired) electrons. The Morgan fingerprint density at radius 2 is 1.89 bits per heavy atom. The van der Waals surface area contributed by atoms with Crippen LogP contribution < -0.4 is 10.6 Å². The third kappa shape index (κ3) is 6.95. The molecular formula is C20H19ClN2O4. The summed E-state index contributed by atoms with van der Waals surface area (Å²) in [5.74, 6) is -1.39. The molecule has 0 unspecified atom stereocenters. The van der Waals surface area contributed by atoms with Crippen LogP contribution in [-0.2, 0) is 14.3 Å². The summed E-state index contributed by atoms with van der Waals surface area (Å²) in [4.78, 5) is 35.4. The topological polar surface area (TPSA) is 84.5 Å². The lowest BCUT2D eigenvalue weighted by Gasteiger charge is -2.07. The van der Waals surface area contributed by atoms with Gasteiger partial charge in [0.2, 0.25) is 0 Å². The summed E-state index contributed by atoms with van der Waals surface area (Å²) in [6, 6.07) is 13.4. The molecule has 0 saturated heterocycles. The molecule has 2 aromatic carbocycles. The van der Waals surface area contributed by atoms with Crippen molar-refractivity contribution in [2.75, 3.05) is 18.5 Å². The molecule has 0 saturated carbocycles. The number of ether oxygens (including phenoxy) is 1. The highest BCUT2D eigenvalue weighted by atomic mass is 35.5. The molecule has 0 bridgehead atoms. The van der Waals surface area contributed by atoms with Crippen LogP contribution in [0.1, 0.15) is 22.8 Å². The average molecular weight is 387 g/mol. The SMILES string of the molecule is CCNC(=O)c1cccc(NC(=O)COC(=O)/C=C/c2cccc(Cl)c2)c1. The maximum Gasteiger partial charge on any atom is 0.331 e. The molecule has 140 valence electrons. The highest BCUT2D eigenvalue weighted by Gasteiger charge is 2.08. The average Bonchev–Trinajstić information content (AvgIpc) is 2.65. The van der Waals surface area contributed by atoms with Crippen LogP contribution in [0.4, 0.5) is 5.69 Å². The van der Waals surface area contributed by atoms with Gasteiger partial charge < -0.3 is 15.4 Å². The van der Waals surface area contributed by atoms with Gasteiger partial charge in [-0.2, -0.15) is 0 Å². The van der Waals surface area contributed by atoms with Gasteiger partial charge in [0, 0.05) is 28.9 Å². The predicted molar refractivity (Wildman–Crippen MR) is 105 cm³/mol. The molecule has 0 heterocycles. The summed E-state index contributed by atoms with van der Waals surface area (Å²) in [7, 11) is 0. The molecule has 0 atom stereocenters. The van der Waals surface area contributed by atoms with E-state index in [0.717, 1.165) is 5.56 Å². The second kappa shape index (κ2) is 10.1. The van der Waals surface area contributed by atoms with Crippen molar-refractivity contribution < 1.29 is 19.1 Å². The predicted octanol–water partition coefficient (Wildman–Crippen LogP) is 3.28. The fourth-order valence-electron chi connectivity index (χ4n) is 2.16. The Bertz CT molecular complexity index is 865. The number of benzene rings is 2. The molecule has 2 rings (SSSR count). The van der Waals surface area contributed by atoms with Crippen molar-refractivity contribution in [3.8, 4) is 0 Å². The highest BCUT2D eigenvalue weighted by molar-refractivity contribution is 6.30. The smallest absolute Gasteiger partial charge is 0.331 e. The van der Waals surface area contributed by atoms with Gasteiger partial charge in [0.1, 0.15) is 0 Å². The van der Waals surface area contributed by atoms with Gasteiger partial charge in [-0.3, -0.25) is 9.59 Å². The minimum atomic E-state index is -0.652. The Balaban J connectivity index is 1.84. The Kier molecular flexibility index (Phi) is 7.58. The molecule has 0 spiro atoms. The van der Waals surface area contributed by atoms with Gasteiger partial charge in [0.25, 0.3) is 11.8 Å². The summed E-state index contributed by atoms with van der Waals surface area (Å²) in [6.45, 7) is 1.89. The van der Waals surface area contributed by atoms with E-state index in [9.17, 15) is 14.4 Å². The van der Waals surface area contributed by atoms with E-state index < -0.39 is 18.5 Å². The maximum atomic E-state index is 11.9. The molecule has 27 heavy (non-hydrogen) atoms. The van der Waals surface area contributed by atoms with Crippen molar-refractivity contribution in [3.05, 3.63) is 70.8 Å². The first kappa shape index (κ1) is 20.2. The summed E-state index contributed by atoms with van der Waals surface area (Å²) in [5, 5.41) is 5.81. The van der Waals surface area contributed by atoms with E-state index in [4.69, 9.17) is 16.3 Å². The molecule has 0 aromatic heterocycles. The van der Waals surface area contributed by atoms with Crippen molar-refractivity contribution >= 4 is 41.1 Å². The lowest BCUT2D eigenvalue weighted by atomic mass is 10.2. The van der Waals surface area contributed by atoms with Gasteiger partial charge in [-0.1, -0.05) is 29.8 Å². The second-order valence-electron chi connectivity index (χ2n) is 5.48. The van der Waals surface area contributed by atoms with Crippen LogP contribution in [0.2, 0.25) is 5.02 Å². The van der Waals surface area contributed by atoms with E-state index in [1.54, 1.807) is 54.6 Å². The van der Waals surface area contributed by atoms with E-state index in [2.05, 4.69) is 10.6 Å². The van der Waals surface area contributed by atoms with Crippen LogP contribution >= 0.6 is 11.6 Å². The Hall–Kier alpha value is -3.12. The van der Waals surface area contributed by atoms with Gasteiger partial charge in [0.15, 0.2) is 6.61 Å². The third-order valence-electron chi connectivity index (χ3n) is 3.35. The molecular weight excluding hydrogens is 368 g/mol. The zero-order chi connectivity index (χ0) is 19.6. The van der Waals surface area contributed by atoms with Crippen molar-refractivity contribution in [2.45, 2.75) is 6.92 Å². The van der Waals surface area contributed by atoms with Crippen LogP contribution in [0.3, 0.4) is 0 Å². The van der Waals surface area contributed by atoms with Gasteiger partial charge >= 0.3 is 5.97 Å². The molecule has 0 aliphatic heterocycles. The number of hydrogen-bond acceptors (Lipinski definition) is 4. The first-order valence-electron chi connectivity index (χ1n) is 8.26. The van der Waals surface area contributed by atoms with E-state index >= 15 is 0 Å². The fourth-order valence-corrected chi connectivity index (χ4v) is 2.36. The van der Waals surface area contributed by atoms with Gasteiger partial charge in [-0.25, -0.2) is 4.79 Å². The fraction of sp³-hybridized carbons (Fsp3) is 0.150. The number of carbonyl (C=O) groups excluding carboxylic acids is 3. The lowest BCUT2D eigenvalue weighted by molar-refractivity contribution is -0.142. The summed E-state index contributed by atoms with van der Waals surface area (Å²) in [6.07, 6.45) is 2.76. The second-order valence-corrected chi connectivity index (χ2v) is 5.92. The lowest BCUT2D eigenvalue weighted by Crippen LogP contribution is -2.23. The summed E-state index contributed by atoms with van der Waals surface area (Å²) < 4.78 is 4.89. The number of hydrogen-bond donors (Lipinski definition) is 2. The quantitative estimate of drug-likeness (QED) is 0.565. The number of anilines is 1. The van der Waals surface area contributed by atoms with Gasteiger partial charge in [-0.15, -0.1) is 0 Å². The molecule has 7 heteroatoms. The van der Waals surface area contributed by atoms with Gasteiger partial charge in [-0.05, 0) is 48.9 Å². The molecule has 2 aromatic rings. The summed E-state index contributed by atoms with van der Waals surface area (Å²) in [5.41, 5.74) is 1.61. The minimum absolute atomic E-state index is 0.230. The van der Waals surface area contributed by atoms with Crippen LogP contribution in [0, 0.1) is 0 Å². The van der Waals surface area contributed by atoms with E-state index in [1.807, 2.05) is 6.92 Å². The normalized spacial score (nSPS) is 10.4. The molecule has 6 nitrogen and oxygen atoms in total. The monoisotopic (exact) mass is 386 g/mol. The Morgan fingerprint density at radius 3 is 2.63 bits per heavy atom. The van der Waals surface area contributed by atoms with Crippen LogP contribution in [0.5, 0.6) is 0 Å². The molecule has 2 N–H and O–H groups in total. The Labute approximate surface area is 162 Å². The van der Waals surface area contributed by atoms with Crippen LogP contribution in [-0.4, -0.2) is 30.9 Å². The molecule has 0 aliphatic rings. The van der Waals surface area contributed by atoms with Crippen LogP contribution in [0.25, 0.3) is 6.08 Å². The van der Waals surface area contributed by atoms with E-state index in [1.165, 1.54) is 6.08 Å². The van der Waals surface area contributed by atoms with Crippen molar-refractivity contribution in [1.29, 1.82) is 0 Å². The third-order valence-corrected chi connectivity index (χ3v) is 3.59. The molecule has 2 amide bonds. The van der Waals surface area contributed by atoms with Gasteiger partial charge in [0.05, 0.1) is 0 Å². The van der Waals surface area contributed by atoms with Crippen LogP contribution in [0.15, 0.2) is 54.6 Å².